The van der Waals surface area contributed by atoms with Gasteiger partial charge in [0.25, 0.3) is 5.91 Å². The lowest BCUT2D eigenvalue weighted by atomic mass is 9.97. The monoisotopic (exact) mass is 462 g/mol. The van der Waals surface area contributed by atoms with Gasteiger partial charge in [0.15, 0.2) is 0 Å². The fraction of sp³-hybridized carbons (Fsp3) is 0.286. The Kier molecular flexibility index (Phi) is 6.22. The second-order valence-electron chi connectivity index (χ2n) is 8.14. The Morgan fingerprint density at radius 3 is 2.29 bits per heavy atom. The Hall–Kier alpha value is -2.75. The van der Waals surface area contributed by atoms with Gasteiger partial charge in [0.05, 0.1) is 5.02 Å². The van der Waals surface area contributed by atoms with E-state index < -0.39 is 15.9 Å². The van der Waals surface area contributed by atoms with E-state index >= 15 is 0 Å². The maximum atomic E-state index is 12.6. The van der Waals surface area contributed by atoms with Crippen molar-refractivity contribution in [3.05, 3.63) is 58.9 Å². The SMILES string of the molecule is CN(C)S(=O)(=O)c1cc(C(=O)Nc2ccc(-c3noc(C(C)(C)C)n3)cc2)ccc1Cl. The summed E-state index contributed by atoms with van der Waals surface area (Å²) >= 11 is 6.04. The van der Waals surface area contributed by atoms with Crippen LogP contribution in [0.3, 0.4) is 0 Å². The first-order chi connectivity index (χ1) is 14.4. The molecule has 8 nitrogen and oxygen atoms in total. The van der Waals surface area contributed by atoms with E-state index in [4.69, 9.17) is 16.1 Å². The van der Waals surface area contributed by atoms with Gasteiger partial charge in [-0.05, 0) is 42.5 Å². The topological polar surface area (TPSA) is 105 Å². The second kappa shape index (κ2) is 8.41. The molecule has 1 aromatic heterocycles. The maximum absolute atomic E-state index is 12.6. The number of hydrogen-bond donors (Lipinski definition) is 1. The largest absolute Gasteiger partial charge is 0.338 e. The van der Waals surface area contributed by atoms with Gasteiger partial charge in [-0.25, -0.2) is 12.7 Å². The standard InChI is InChI=1S/C21H23ClN4O4S/c1-21(2,3)20-24-18(25-30-20)13-6-9-15(10-7-13)23-19(27)14-8-11-16(22)17(12-14)31(28,29)26(4)5/h6-12H,1-5H3,(H,23,27). The Bertz CT molecular complexity index is 1210. The van der Waals surface area contributed by atoms with Gasteiger partial charge in [0, 0.05) is 36.3 Å². The number of anilines is 1. The summed E-state index contributed by atoms with van der Waals surface area (Å²) in [5.74, 6) is 0.527. The van der Waals surface area contributed by atoms with E-state index in [2.05, 4.69) is 15.5 Å². The van der Waals surface area contributed by atoms with Crippen molar-refractivity contribution in [3.8, 4) is 11.4 Å². The van der Waals surface area contributed by atoms with E-state index in [0.29, 0.717) is 17.4 Å². The molecular formula is C21H23ClN4O4S. The lowest BCUT2D eigenvalue weighted by Crippen LogP contribution is -2.23. The zero-order chi connectivity index (χ0) is 23.0. The van der Waals surface area contributed by atoms with Gasteiger partial charge in [-0.15, -0.1) is 0 Å². The van der Waals surface area contributed by atoms with E-state index in [-0.39, 0.29) is 20.9 Å². The highest BCUT2D eigenvalue weighted by molar-refractivity contribution is 7.89. The van der Waals surface area contributed by atoms with Crippen molar-refractivity contribution in [2.45, 2.75) is 31.1 Å². The Balaban J connectivity index is 1.79. The van der Waals surface area contributed by atoms with Crippen molar-refractivity contribution in [2.24, 2.45) is 0 Å². The number of halogens is 1. The minimum Gasteiger partial charge on any atom is -0.338 e. The molecule has 2 aromatic carbocycles. The molecule has 1 heterocycles. The molecule has 0 bridgehead atoms. The number of carbonyl (C=O) groups excluding carboxylic acids is 1. The van der Waals surface area contributed by atoms with Gasteiger partial charge in [-0.1, -0.05) is 37.5 Å². The summed E-state index contributed by atoms with van der Waals surface area (Å²) in [5, 5.41) is 6.78. The van der Waals surface area contributed by atoms with Crippen LogP contribution in [0.15, 0.2) is 51.9 Å². The van der Waals surface area contributed by atoms with Gasteiger partial charge < -0.3 is 9.84 Å². The molecule has 3 aromatic rings. The summed E-state index contributed by atoms with van der Waals surface area (Å²) in [6.07, 6.45) is 0. The average Bonchev–Trinajstić information content (AvgIpc) is 3.19. The Morgan fingerprint density at radius 2 is 1.74 bits per heavy atom. The number of sulfonamides is 1. The van der Waals surface area contributed by atoms with E-state index in [1.807, 2.05) is 20.8 Å². The van der Waals surface area contributed by atoms with Crippen LogP contribution in [0.2, 0.25) is 5.02 Å². The molecule has 1 amide bonds. The van der Waals surface area contributed by atoms with E-state index in [0.717, 1.165) is 9.87 Å². The van der Waals surface area contributed by atoms with Crippen molar-refractivity contribution >= 4 is 33.2 Å². The van der Waals surface area contributed by atoms with Gasteiger partial charge in [-0.2, -0.15) is 4.98 Å². The lowest BCUT2D eigenvalue weighted by Gasteiger charge is -2.14. The fourth-order valence-electron chi connectivity index (χ4n) is 2.59. The number of carbonyl (C=O) groups is 1. The predicted octanol–water partition coefficient (Wildman–Crippen LogP) is 4.19. The van der Waals surface area contributed by atoms with Gasteiger partial charge >= 0.3 is 0 Å². The first-order valence-electron chi connectivity index (χ1n) is 9.37. The molecule has 10 heteroatoms. The summed E-state index contributed by atoms with van der Waals surface area (Å²) in [6.45, 7) is 5.94. The van der Waals surface area contributed by atoms with Gasteiger partial charge in [0.1, 0.15) is 4.90 Å². The Labute approximate surface area is 186 Å². The van der Waals surface area contributed by atoms with Crippen LogP contribution in [0.25, 0.3) is 11.4 Å². The van der Waals surface area contributed by atoms with Crippen molar-refractivity contribution < 1.29 is 17.7 Å². The summed E-state index contributed by atoms with van der Waals surface area (Å²) in [7, 11) is -0.989. The minimum atomic E-state index is -3.78. The highest BCUT2D eigenvalue weighted by atomic mass is 35.5. The van der Waals surface area contributed by atoms with E-state index in [1.54, 1.807) is 24.3 Å². The molecule has 0 saturated carbocycles. The first-order valence-corrected chi connectivity index (χ1v) is 11.2. The molecule has 0 atom stereocenters. The number of aromatic nitrogens is 2. The molecule has 0 spiro atoms. The highest BCUT2D eigenvalue weighted by Crippen LogP contribution is 2.26. The highest BCUT2D eigenvalue weighted by Gasteiger charge is 2.23. The van der Waals surface area contributed by atoms with Crippen molar-refractivity contribution in [3.63, 3.8) is 0 Å². The molecule has 0 unspecified atom stereocenters. The molecular weight excluding hydrogens is 440 g/mol. The zero-order valence-electron chi connectivity index (χ0n) is 17.8. The number of nitrogens with one attached hydrogen (secondary N) is 1. The second-order valence-corrected chi connectivity index (χ2v) is 10.7. The average molecular weight is 463 g/mol. The molecule has 0 aliphatic rings. The number of amides is 1. The molecule has 164 valence electrons. The lowest BCUT2D eigenvalue weighted by molar-refractivity contribution is 0.102. The van der Waals surface area contributed by atoms with Crippen molar-refractivity contribution in [1.29, 1.82) is 0 Å². The maximum Gasteiger partial charge on any atom is 0.255 e. The molecule has 0 aliphatic heterocycles. The molecule has 1 N–H and O–H groups in total. The molecule has 0 radical (unpaired) electrons. The number of rotatable bonds is 5. The van der Waals surface area contributed by atoms with Crippen LogP contribution < -0.4 is 5.32 Å². The van der Waals surface area contributed by atoms with Crippen LogP contribution in [0.1, 0.15) is 37.0 Å². The molecule has 0 saturated heterocycles. The smallest absolute Gasteiger partial charge is 0.255 e. The fourth-order valence-corrected chi connectivity index (χ4v) is 3.98. The number of benzene rings is 2. The van der Waals surface area contributed by atoms with Gasteiger partial charge in [-0.3, -0.25) is 4.79 Å². The van der Waals surface area contributed by atoms with Crippen LogP contribution in [0.5, 0.6) is 0 Å². The molecule has 0 aliphatic carbocycles. The summed E-state index contributed by atoms with van der Waals surface area (Å²) in [4.78, 5) is 16.9. The van der Waals surface area contributed by atoms with Crippen LogP contribution in [0.4, 0.5) is 5.69 Å². The van der Waals surface area contributed by atoms with Crippen LogP contribution >= 0.6 is 11.6 Å². The number of nitrogens with zero attached hydrogens (tertiary/aromatic N) is 3. The minimum absolute atomic E-state index is 0.0457. The number of hydrogen-bond acceptors (Lipinski definition) is 6. The zero-order valence-corrected chi connectivity index (χ0v) is 19.4. The molecule has 0 fully saturated rings. The van der Waals surface area contributed by atoms with E-state index in [9.17, 15) is 13.2 Å². The third-order valence-electron chi connectivity index (χ3n) is 4.42. The van der Waals surface area contributed by atoms with E-state index in [1.165, 1.54) is 32.3 Å². The van der Waals surface area contributed by atoms with Crippen LogP contribution in [-0.4, -0.2) is 42.9 Å². The molecule has 31 heavy (non-hydrogen) atoms. The normalized spacial score (nSPS) is 12.2. The summed E-state index contributed by atoms with van der Waals surface area (Å²) in [5.41, 5.74) is 1.18. The third kappa shape index (κ3) is 4.95. The van der Waals surface area contributed by atoms with Crippen LogP contribution in [0, 0.1) is 0 Å². The summed E-state index contributed by atoms with van der Waals surface area (Å²) in [6, 6.07) is 11.0. The van der Waals surface area contributed by atoms with Crippen molar-refractivity contribution in [1.82, 2.24) is 14.4 Å². The summed E-state index contributed by atoms with van der Waals surface area (Å²) < 4.78 is 31.2. The van der Waals surface area contributed by atoms with Crippen LogP contribution in [-0.2, 0) is 15.4 Å². The van der Waals surface area contributed by atoms with Gasteiger partial charge in [0.2, 0.25) is 21.7 Å². The molecule has 3 rings (SSSR count). The quantitative estimate of drug-likeness (QED) is 0.609. The predicted molar refractivity (Wildman–Crippen MR) is 119 cm³/mol. The Morgan fingerprint density at radius 1 is 1.10 bits per heavy atom. The third-order valence-corrected chi connectivity index (χ3v) is 6.72. The van der Waals surface area contributed by atoms with Crippen molar-refractivity contribution in [2.75, 3.05) is 19.4 Å². The first kappa shape index (κ1) is 22.9.